The molecule has 0 fully saturated rings. The molecule has 3 rings (SSSR count). The lowest BCUT2D eigenvalue weighted by Gasteiger charge is -2.04. The molecule has 0 aliphatic heterocycles. The van der Waals surface area contributed by atoms with E-state index in [1.807, 2.05) is 30.3 Å². The van der Waals surface area contributed by atoms with Gasteiger partial charge >= 0.3 is 0 Å². The monoisotopic (exact) mass is 365 g/mol. The summed E-state index contributed by atoms with van der Waals surface area (Å²) in [5.41, 5.74) is 2.50. The van der Waals surface area contributed by atoms with E-state index in [0.29, 0.717) is 27.9 Å². The minimum absolute atomic E-state index is 0.204. The first-order valence-electron chi connectivity index (χ1n) is 7.28. The Balaban J connectivity index is 1.89. The van der Waals surface area contributed by atoms with Crippen molar-refractivity contribution in [2.45, 2.75) is 25.4 Å². The van der Waals surface area contributed by atoms with E-state index in [1.165, 1.54) is 0 Å². The summed E-state index contributed by atoms with van der Waals surface area (Å²) in [6, 6.07) is 10.9. The Morgan fingerprint density at radius 3 is 2.50 bits per heavy atom. The number of sulfone groups is 1. The van der Waals surface area contributed by atoms with Crippen LogP contribution in [-0.4, -0.2) is 23.4 Å². The largest absolute Gasteiger partial charge is 0.360 e. The van der Waals surface area contributed by atoms with E-state index in [9.17, 15) is 8.42 Å². The molecule has 2 aromatic heterocycles. The van der Waals surface area contributed by atoms with Crippen LogP contribution < -0.4 is 0 Å². The van der Waals surface area contributed by atoms with Crippen molar-refractivity contribution in [3.05, 3.63) is 64.3 Å². The van der Waals surface area contributed by atoms with Gasteiger partial charge in [-0.25, -0.2) is 13.1 Å². The van der Waals surface area contributed by atoms with Crippen LogP contribution in [0.3, 0.4) is 0 Å². The molecule has 0 bridgehead atoms. The van der Waals surface area contributed by atoms with Crippen molar-refractivity contribution >= 4 is 21.4 Å². The van der Waals surface area contributed by atoms with Crippen molar-refractivity contribution in [2.24, 2.45) is 0 Å². The third-order valence-electron chi connectivity index (χ3n) is 3.53. The summed E-state index contributed by atoms with van der Waals surface area (Å²) in [5.74, 6) is -0.110. The van der Waals surface area contributed by atoms with Crippen molar-refractivity contribution in [1.29, 1.82) is 0 Å². The van der Waals surface area contributed by atoms with Gasteiger partial charge in [-0.15, -0.1) is 0 Å². The van der Waals surface area contributed by atoms with Gasteiger partial charge in [0.25, 0.3) is 0 Å². The maximum atomic E-state index is 12.4. The lowest BCUT2D eigenvalue weighted by Crippen LogP contribution is -2.08. The molecule has 1 aromatic carbocycles. The van der Waals surface area contributed by atoms with Gasteiger partial charge in [0.15, 0.2) is 15.6 Å². The molecule has 0 saturated carbocycles. The van der Waals surface area contributed by atoms with Crippen molar-refractivity contribution in [3.8, 4) is 5.69 Å². The zero-order valence-electron chi connectivity index (χ0n) is 13.2. The molecule has 24 heavy (non-hydrogen) atoms. The van der Waals surface area contributed by atoms with Gasteiger partial charge in [-0.2, -0.15) is 5.10 Å². The van der Waals surface area contributed by atoms with Gasteiger partial charge in [0.2, 0.25) is 0 Å². The van der Waals surface area contributed by atoms with Crippen molar-refractivity contribution < 1.29 is 12.9 Å². The number of benzene rings is 1. The van der Waals surface area contributed by atoms with Crippen LogP contribution in [-0.2, 0) is 21.3 Å². The third-order valence-corrected chi connectivity index (χ3v) is 5.37. The van der Waals surface area contributed by atoms with Gasteiger partial charge in [0.05, 0.1) is 22.8 Å². The minimum Gasteiger partial charge on any atom is -0.360 e. The molecule has 0 amide bonds. The van der Waals surface area contributed by atoms with Crippen LogP contribution >= 0.6 is 11.6 Å². The zero-order valence-corrected chi connectivity index (χ0v) is 14.8. The molecule has 0 unspecified atom stereocenters. The molecular weight excluding hydrogens is 350 g/mol. The molecule has 0 radical (unpaired) electrons. The summed E-state index contributed by atoms with van der Waals surface area (Å²) in [5, 5.41) is 8.37. The predicted molar refractivity (Wildman–Crippen MR) is 90.9 cm³/mol. The number of para-hydroxylation sites is 1. The standard InChI is InChI=1S/C16H16ClN3O3S/c1-11-8-14(23-19-11)9-24(21,22)10-15-12(2)18-20(16(15)17)13-6-4-3-5-7-13/h3-8H,9-10H2,1-2H3. The summed E-state index contributed by atoms with van der Waals surface area (Å²) in [6.07, 6.45) is 0. The van der Waals surface area contributed by atoms with Gasteiger partial charge < -0.3 is 4.52 Å². The maximum absolute atomic E-state index is 12.4. The van der Waals surface area contributed by atoms with Crippen molar-refractivity contribution in [3.63, 3.8) is 0 Å². The topological polar surface area (TPSA) is 78.0 Å². The normalized spacial score (nSPS) is 11.8. The maximum Gasteiger partial charge on any atom is 0.161 e. The predicted octanol–water partition coefficient (Wildman–Crippen LogP) is 3.25. The van der Waals surface area contributed by atoms with E-state index in [1.54, 1.807) is 24.6 Å². The third kappa shape index (κ3) is 3.52. The van der Waals surface area contributed by atoms with E-state index in [-0.39, 0.29) is 11.5 Å². The highest BCUT2D eigenvalue weighted by molar-refractivity contribution is 7.89. The SMILES string of the molecule is Cc1cc(CS(=O)(=O)Cc2c(C)nn(-c3ccccc3)c2Cl)on1. The number of aromatic nitrogens is 3. The average molecular weight is 366 g/mol. The molecule has 3 aromatic rings. The number of nitrogens with zero attached hydrogens (tertiary/aromatic N) is 3. The summed E-state index contributed by atoms with van der Waals surface area (Å²) < 4.78 is 31.4. The van der Waals surface area contributed by atoms with E-state index >= 15 is 0 Å². The molecule has 0 aliphatic carbocycles. The van der Waals surface area contributed by atoms with Crippen LogP contribution in [0.2, 0.25) is 5.15 Å². The molecule has 0 aliphatic rings. The highest BCUT2D eigenvalue weighted by Crippen LogP contribution is 2.26. The van der Waals surface area contributed by atoms with Crippen LogP contribution in [0.25, 0.3) is 5.69 Å². The molecule has 6 nitrogen and oxygen atoms in total. The number of hydrogen-bond acceptors (Lipinski definition) is 5. The second-order valence-corrected chi connectivity index (χ2v) is 7.99. The van der Waals surface area contributed by atoms with Gasteiger partial charge in [-0.1, -0.05) is 35.0 Å². The fraction of sp³-hybridized carbons (Fsp3) is 0.250. The molecule has 126 valence electrons. The van der Waals surface area contributed by atoms with Crippen LogP contribution in [0.15, 0.2) is 40.9 Å². The molecule has 8 heteroatoms. The second kappa shape index (κ2) is 6.41. The van der Waals surface area contributed by atoms with Crippen LogP contribution in [0.5, 0.6) is 0 Å². The Hall–Kier alpha value is -2.12. The van der Waals surface area contributed by atoms with E-state index < -0.39 is 9.84 Å². The lowest BCUT2D eigenvalue weighted by atomic mass is 10.3. The van der Waals surface area contributed by atoms with Crippen molar-refractivity contribution in [1.82, 2.24) is 14.9 Å². The van der Waals surface area contributed by atoms with Crippen LogP contribution in [0.1, 0.15) is 22.7 Å². The zero-order chi connectivity index (χ0) is 17.3. The Kier molecular flexibility index (Phi) is 4.47. The number of halogens is 1. The van der Waals surface area contributed by atoms with Crippen LogP contribution in [0, 0.1) is 13.8 Å². The van der Waals surface area contributed by atoms with E-state index in [2.05, 4.69) is 10.3 Å². The first kappa shape index (κ1) is 16.7. The van der Waals surface area contributed by atoms with Gasteiger partial charge in [0, 0.05) is 11.6 Å². The smallest absolute Gasteiger partial charge is 0.161 e. The molecule has 0 N–H and O–H groups in total. The number of hydrogen-bond donors (Lipinski definition) is 0. The summed E-state index contributed by atoms with van der Waals surface area (Å²) in [4.78, 5) is 0. The van der Waals surface area contributed by atoms with E-state index in [0.717, 1.165) is 5.69 Å². The van der Waals surface area contributed by atoms with Gasteiger partial charge in [-0.05, 0) is 26.0 Å². The minimum atomic E-state index is -3.46. The first-order valence-corrected chi connectivity index (χ1v) is 9.48. The molecular formula is C16H16ClN3O3S. The second-order valence-electron chi connectivity index (χ2n) is 5.57. The Bertz CT molecular complexity index is 962. The number of aryl methyl sites for hydroxylation is 2. The Labute approximate surface area is 145 Å². The highest BCUT2D eigenvalue weighted by atomic mass is 35.5. The summed E-state index contributed by atoms with van der Waals surface area (Å²) >= 11 is 6.38. The number of rotatable bonds is 5. The Morgan fingerprint density at radius 1 is 1.17 bits per heavy atom. The molecule has 2 heterocycles. The van der Waals surface area contributed by atoms with Gasteiger partial charge in [-0.3, -0.25) is 0 Å². The summed E-state index contributed by atoms with van der Waals surface area (Å²) in [7, 11) is -3.46. The van der Waals surface area contributed by atoms with Gasteiger partial charge in [0.1, 0.15) is 10.9 Å². The van der Waals surface area contributed by atoms with Crippen LogP contribution in [0.4, 0.5) is 0 Å². The molecule has 0 saturated heterocycles. The lowest BCUT2D eigenvalue weighted by molar-refractivity contribution is 0.388. The molecule has 0 spiro atoms. The molecule has 0 atom stereocenters. The quantitative estimate of drug-likeness (QED) is 0.693. The Morgan fingerprint density at radius 2 is 1.88 bits per heavy atom. The first-order chi connectivity index (χ1) is 11.4. The fourth-order valence-corrected chi connectivity index (χ4v) is 4.28. The van der Waals surface area contributed by atoms with E-state index in [4.69, 9.17) is 16.1 Å². The van der Waals surface area contributed by atoms with Crippen molar-refractivity contribution in [2.75, 3.05) is 0 Å². The highest BCUT2D eigenvalue weighted by Gasteiger charge is 2.23. The fourth-order valence-electron chi connectivity index (χ4n) is 2.41. The average Bonchev–Trinajstić information content (AvgIpc) is 3.05. The summed E-state index contributed by atoms with van der Waals surface area (Å²) in [6.45, 7) is 3.49.